The first-order chi connectivity index (χ1) is 6.15. The molecule has 0 aromatic carbocycles. The Morgan fingerprint density at radius 3 is 2.77 bits per heavy atom. The molecule has 1 rings (SSSR count). The highest BCUT2D eigenvalue weighted by Gasteiger charge is 2.17. The van der Waals surface area contributed by atoms with Gasteiger partial charge in [-0.25, -0.2) is 0 Å². The van der Waals surface area contributed by atoms with Crippen molar-refractivity contribution in [2.45, 2.75) is 25.6 Å². The fourth-order valence-electron chi connectivity index (χ4n) is 0.876. The van der Waals surface area contributed by atoms with Gasteiger partial charge in [-0.05, 0) is 12.2 Å². The zero-order chi connectivity index (χ0) is 9.84. The van der Waals surface area contributed by atoms with Crippen LogP contribution in [0.1, 0.15) is 31.6 Å². The van der Waals surface area contributed by atoms with Gasteiger partial charge in [0.25, 0.3) is 0 Å². The Morgan fingerprint density at radius 1 is 1.54 bits per heavy atom. The summed E-state index contributed by atoms with van der Waals surface area (Å²) in [5.74, 6) is 2.36. The number of nitrogens with zero attached hydrogens (tertiary/aromatic N) is 2. The van der Waals surface area contributed by atoms with Crippen molar-refractivity contribution in [1.29, 1.82) is 0 Å². The van der Waals surface area contributed by atoms with Gasteiger partial charge in [0.05, 0.1) is 11.8 Å². The summed E-state index contributed by atoms with van der Waals surface area (Å²) in [6, 6.07) is -0.150. The highest BCUT2D eigenvalue weighted by atomic mass is 32.2. The topological polar surface area (TPSA) is 64.9 Å². The summed E-state index contributed by atoms with van der Waals surface area (Å²) in [6.07, 6.45) is 2.00. The van der Waals surface area contributed by atoms with Crippen molar-refractivity contribution < 1.29 is 4.52 Å². The van der Waals surface area contributed by atoms with E-state index >= 15 is 0 Å². The molecule has 0 amide bonds. The molecule has 5 heteroatoms. The van der Waals surface area contributed by atoms with E-state index in [1.165, 1.54) is 0 Å². The average molecular weight is 201 g/mol. The van der Waals surface area contributed by atoms with Gasteiger partial charge in [0.2, 0.25) is 5.89 Å². The summed E-state index contributed by atoms with van der Waals surface area (Å²) in [4.78, 5) is 4.20. The maximum Gasteiger partial charge on any atom is 0.243 e. The van der Waals surface area contributed by atoms with Crippen molar-refractivity contribution in [3.63, 3.8) is 0 Å². The average Bonchev–Trinajstić information content (AvgIpc) is 2.52. The van der Waals surface area contributed by atoms with E-state index in [4.69, 9.17) is 10.3 Å². The molecule has 0 aliphatic carbocycles. The van der Waals surface area contributed by atoms with Gasteiger partial charge in [-0.15, -0.1) is 0 Å². The second-order valence-electron chi connectivity index (χ2n) is 3.25. The number of aromatic nitrogens is 2. The second-order valence-corrected chi connectivity index (χ2v) is 4.12. The Morgan fingerprint density at radius 2 is 2.23 bits per heavy atom. The van der Waals surface area contributed by atoms with Gasteiger partial charge in [-0.3, -0.25) is 0 Å². The lowest BCUT2D eigenvalue weighted by Crippen LogP contribution is -2.17. The lowest BCUT2D eigenvalue weighted by atomic mass is 10.1. The second kappa shape index (κ2) is 4.62. The summed E-state index contributed by atoms with van der Waals surface area (Å²) in [6.45, 7) is 4.06. The van der Waals surface area contributed by atoms with E-state index in [1.54, 1.807) is 11.8 Å². The third kappa shape index (κ3) is 2.70. The Kier molecular flexibility index (Phi) is 3.74. The smallest absolute Gasteiger partial charge is 0.243 e. The molecule has 13 heavy (non-hydrogen) atoms. The maximum absolute atomic E-state index is 5.84. The van der Waals surface area contributed by atoms with Crippen LogP contribution in [0.3, 0.4) is 0 Å². The molecule has 1 aromatic rings. The molecule has 0 spiro atoms. The van der Waals surface area contributed by atoms with Crippen molar-refractivity contribution in [1.82, 2.24) is 10.1 Å². The van der Waals surface area contributed by atoms with Crippen LogP contribution in [0.25, 0.3) is 0 Å². The molecular formula is C8H15N3OS. The van der Waals surface area contributed by atoms with Crippen LogP contribution >= 0.6 is 11.8 Å². The number of rotatable bonds is 4. The zero-order valence-corrected chi connectivity index (χ0v) is 8.97. The monoisotopic (exact) mass is 201 g/mol. The minimum absolute atomic E-state index is 0.150. The van der Waals surface area contributed by atoms with Crippen molar-refractivity contribution in [3.8, 4) is 0 Å². The van der Waals surface area contributed by atoms with E-state index in [2.05, 4.69) is 10.1 Å². The lowest BCUT2D eigenvalue weighted by Gasteiger charge is -2.09. The predicted molar refractivity (Wildman–Crippen MR) is 53.3 cm³/mol. The highest BCUT2D eigenvalue weighted by molar-refractivity contribution is 7.97. The predicted octanol–water partition coefficient (Wildman–Crippen LogP) is 1.59. The van der Waals surface area contributed by atoms with Gasteiger partial charge < -0.3 is 10.3 Å². The fraction of sp³-hybridized carbons (Fsp3) is 0.750. The van der Waals surface area contributed by atoms with E-state index in [0.29, 0.717) is 11.8 Å². The normalized spacial score (nSPS) is 13.6. The van der Waals surface area contributed by atoms with Crippen molar-refractivity contribution >= 4 is 11.8 Å². The minimum Gasteiger partial charge on any atom is -0.338 e. The van der Waals surface area contributed by atoms with Crippen LogP contribution in [0.4, 0.5) is 0 Å². The number of hydrogen-bond acceptors (Lipinski definition) is 5. The van der Waals surface area contributed by atoms with Crippen LogP contribution in [-0.4, -0.2) is 16.4 Å². The fourth-order valence-corrected chi connectivity index (χ4v) is 1.25. The maximum atomic E-state index is 5.84. The summed E-state index contributed by atoms with van der Waals surface area (Å²) in [7, 11) is 0. The number of nitrogens with two attached hydrogens (primary N) is 1. The molecule has 2 N–H and O–H groups in total. The Bertz CT molecular complexity index is 262. The molecule has 0 saturated heterocycles. The highest BCUT2D eigenvalue weighted by Crippen LogP contribution is 2.17. The summed E-state index contributed by atoms with van der Waals surface area (Å²) >= 11 is 1.66. The van der Waals surface area contributed by atoms with Crippen LogP contribution in [0.15, 0.2) is 4.52 Å². The molecule has 0 aliphatic heterocycles. The first-order valence-corrected chi connectivity index (χ1v) is 5.61. The third-order valence-electron chi connectivity index (χ3n) is 1.76. The molecule has 74 valence electrons. The van der Waals surface area contributed by atoms with Gasteiger partial charge in [-0.2, -0.15) is 16.7 Å². The van der Waals surface area contributed by atoms with Crippen LogP contribution < -0.4 is 5.73 Å². The van der Waals surface area contributed by atoms with E-state index in [-0.39, 0.29) is 6.04 Å². The molecule has 1 atom stereocenters. The molecule has 0 unspecified atom stereocenters. The van der Waals surface area contributed by atoms with Crippen LogP contribution in [0.2, 0.25) is 0 Å². The number of thioether (sulfide) groups is 1. The largest absolute Gasteiger partial charge is 0.338 e. The first kappa shape index (κ1) is 10.5. The van der Waals surface area contributed by atoms with Gasteiger partial charge in [0.15, 0.2) is 5.82 Å². The molecule has 0 saturated carbocycles. The standard InChI is InChI=1S/C8H15N3OS/c1-5(2)7(9)8-10-6(4-13-3)11-12-8/h5,7H,4,9H2,1-3H3/t7-/m1/s1. The van der Waals surface area contributed by atoms with Gasteiger partial charge >= 0.3 is 0 Å². The lowest BCUT2D eigenvalue weighted by molar-refractivity contribution is 0.323. The van der Waals surface area contributed by atoms with Crippen LogP contribution in [0, 0.1) is 5.92 Å². The molecule has 0 bridgehead atoms. The Hall–Kier alpha value is -0.550. The van der Waals surface area contributed by atoms with Gasteiger partial charge in [0, 0.05) is 0 Å². The zero-order valence-electron chi connectivity index (χ0n) is 8.15. The molecule has 0 aliphatic rings. The van der Waals surface area contributed by atoms with Crippen molar-refractivity contribution in [3.05, 3.63) is 11.7 Å². The summed E-state index contributed by atoms with van der Waals surface area (Å²) in [5, 5.41) is 3.82. The van der Waals surface area contributed by atoms with E-state index in [9.17, 15) is 0 Å². The van der Waals surface area contributed by atoms with Crippen molar-refractivity contribution in [2.75, 3.05) is 6.26 Å². The SMILES string of the molecule is CSCc1noc([C@H](N)C(C)C)n1. The summed E-state index contributed by atoms with van der Waals surface area (Å²) in [5.41, 5.74) is 5.84. The van der Waals surface area contributed by atoms with Crippen LogP contribution in [0.5, 0.6) is 0 Å². The van der Waals surface area contributed by atoms with E-state index in [0.717, 1.165) is 11.6 Å². The summed E-state index contributed by atoms with van der Waals surface area (Å²) < 4.78 is 5.04. The quantitative estimate of drug-likeness (QED) is 0.801. The molecule has 1 aromatic heterocycles. The molecule has 0 radical (unpaired) electrons. The van der Waals surface area contributed by atoms with E-state index < -0.39 is 0 Å². The molecule has 4 nitrogen and oxygen atoms in total. The van der Waals surface area contributed by atoms with Crippen molar-refractivity contribution in [2.24, 2.45) is 11.7 Å². The first-order valence-electron chi connectivity index (χ1n) is 4.22. The Labute approximate surface area is 82.3 Å². The van der Waals surface area contributed by atoms with Crippen LogP contribution in [-0.2, 0) is 5.75 Å². The minimum atomic E-state index is -0.150. The van der Waals surface area contributed by atoms with Gasteiger partial charge in [-0.1, -0.05) is 19.0 Å². The Balaban J connectivity index is 2.67. The van der Waals surface area contributed by atoms with Gasteiger partial charge in [0.1, 0.15) is 0 Å². The number of hydrogen-bond donors (Lipinski definition) is 1. The van der Waals surface area contributed by atoms with E-state index in [1.807, 2.05) is 20.1 Å². The molecule has 0 fully saturated rings. The third-order valence-corrected chi connectivity index (χ3v) is 2.31. The molecule has 1 heterocycles. The molecular weight excluding hydrogens is 186 g/mol.